The number of rotatable bonds is 0. The summed E-state index contributed by atoms with van der Waals surface area (Å²) in [6.07, 6.45) is 0. The van der Waals surface area contributed by atoms with Crippen LogP contribution in [-0.2, 0) is 0 Å². The van der Waals surface area contributed by atoms with Crippen molar-refractivity contribution in [3.8, 4) is 0 Å². The molecule has 0 aromatic carbocycles. The zero-order chi connectivity index (χ0) is 3.70. The fourth-order valence-corrected chi connectivity index (χ4v) is 7.12. The van der Waals surface area contributed by atoms with Crippen molar-refractivity contribution in [1.82, 2.24) is 0 Å². The number of hydrogen-bond acceptors (Lipinski definition) is 2. The van der Waals surface area contributed by atoms with Crippen molar-refractivity contribution in [3.05, 3.63) is 0 Å². The van der Waals surface area contributed by atoms with E-state index in [1.807, 2.05) is 0 Å². The molecule has 5 heavy (non-hydrogen) atoms. The van der Waals surface area contributed by atoms with E-state index in [4.69, 9.17) is 0 Å². The molecule has 0 atom stereocenters. The molecule has 1 heterocycles. The van der Waals surface area contributed by atoms with E-state index in [0.717, 1.165) is 4.58 Å². The van der Waals surface area contributed by atoms with Crippen LogP contribution >= 0.6 is 18.0 Å². The molecule has 0 saturated carbocycles. The molecule has 0 bridgehead atoms. The van der Waals surface area contributed by atoms with Crippen molar-refractivity contribution in [3.63, 3.8) is 0 Å². The fourth-order valence-electron chi connectivity index (χ4n) is 0.118. The molecule has 1 rings (SSSR count). The molecule has 3 heteroatoms. The van der Waals surface area contributed by atoms with Crippen molar-refractivity contribution in [1.29, 1.82) is 0 Å². The van der Waals surface area contributed by atoms with Crippen molar-refractivity contribution in [2.75, 3.05) is 0 Å². The van der Waals surface area contributed by atoms with Crippen molar-refractivity contribution in [2.24, 2.45) is 0 Å². The van der Waals surface area contributed by atoms with Gasteiger partial charge in [-0.2, -0.15) is 0 Å². The monoisotopic (exact) mass is 222 g/mol. The molecule has 1 fully saturated rings. The molecule has 0 spiro atoms. The Morgan fingerprint density at radius 2 is 2.00 bits per heavy atom. The second kappa shape index (κ2) is 1.97. The standard InChI is InChI=1S/C2H4S2Te/c1-2-3-5-4-2/h2H,1H3. The van der Waals surface area contributed by atoms with Crippen molar-refractivity contribution >= 4 is 36.2 Å². The van der Waals surface area contributed by atoms with Crippen LogP contribution in [-0.4, -0.2) is 22.8 Å². The fraction of sp³-hybridized carbons (Fsp3) is 1.00. The minimum absolute atomic E-state index is 0.450. The van der Waals surface area contributed by atoms with Gasteiger partial charge >= 0.3 is 47.7 Å². The van der Waals surface area contributed by atoms with E-state index in [-0.39, 0.29) is 0 Å². The second-order valence-corrected chi connectivity index (χ2v) is 10.3. The Kier molecular flexibility index (Phi) is 1.83. The molecule has 30 valence electrons. The summed E-state index contributed by atoms with van der Waals surface area (Å²) in [6.45, 7) is 2.27. The third-order valence-electron chi connectivity index (χ3n) is 0.350. The van der Waals surface area contributed by atoms with Crippen LogP contribution in [0.1, 0.15) is 6.92 Å². The van der Waals surface area contributed by atoms with Gasteiger partial charge in [-0.3, -0.25) is 0 Å². The Labute approximate surface area is 47.5 Å². The Hall–Kier alpha value is 1.49. The van der Waals surface area contributed by atoms with Crippen LogP contribution in [0.3, 0.4) is 0 Å². The second-order valence-electron chi connectivity index (χ2n) is 0.828. The maximum atomic E-state index is 2.27. The van der Waals surface area contributed by atoms with Gasteiger partial charge in [0.05, 0.1) is 0 Å². The van der Waals surface area contributed by atoms with E-state index in [2.05, 4.69) is 24.9 Å². The minimum atomic E-state index is 0.450. The van der Waals surface area contributed by atoms with Gasteiger partial charge in [0.25, 0.3) is 0 Å². The van der Waals surface area contributed by atoms with Gasteiger partial charge in [-0.25, -0.2) is 0 Å². The van der Waals surface area contributed by atoms with Gasteiger partial charge < -0.3 is 0 Å². The first kappa shape index (κ1) is 4.64. The van der Waals surface area contributed by atoms with Crippen LogP contribution < -0.4 is 0 Å². The SMILES string of the molecule is CC1S[Te]S1. The van der Waals surface area contributed by atoms with Crippen LogP contribution in [0.5, 0.6) is 0 Å². The Balaban J connectivity index is 2.08. The van der Waals surface area contributed by atoms with Gasteiger partial charge in [0.2, 0.25) is 0 Å². The zero-order valence-corrected chi connectivity index (χ0v) is 6.77. The van der Waals surface area contributed by atoms with Gasteiger partial charge in [-0.1, -0.05) is 0 Å². The van der Waals surface area contributed by atoms with E-state index < -0.39 is 0 Å². The molecule has 0 amide bonds. The summed E-state index contributed by atoms with van der Waals surface area (Å²) in [7, 11) is 4.31. The topological polar surface area (TPSA) is 0 Å². The van der Waals surface area contributed by atoms with E-state index in [0.29, 0.717) is 18.2 Å². The van der Waals surface area contributed by atoms with Crippen LogP contribution in [0, 0.1) is 0 Å². The normalized spacial score (nSPS) is 25.8. The van der Waals surface area contributed by atoms with Gasteiger partial charge in [-0.05, 0) is 0 Å². The maximum absolute atomic E-state index is 2.27. The Morgan fingerprint density at radius 1 is 1.60 bits per heavy atom. The zero-order valence-electron chi connectivity index (χ0n) is 2.80. The van der Waals surface area contributed by atoms with Crippen LogP contribution in [0.2, 0.25) is 0 Å². The molecule has 0 aromatic heterocycles. The average Bonchev–Trinajstić information content (AvgIpc) is 1.30. The summed E-state index contributed by atoms with van der Waals surface area (Å²) in [4.78, 5) is 0. The van der Waals surface area contributed by atoms with Crippen LogP contribution in [0.25, 0.3) is 0 Å². The van der Waals surface area contributed by atoms with E-state index in [1.54, 1.807) is 0 Å². The quantitative estimate of drug-likeness (QED) is 0.565. The molecular formula is C2H4S2Te. The molecule has 0 aliphatic carbocycles. The van der Waals surface area contributed by atoms with Crippen molar-refractivity contribution in [2.45, 2.75) is 11.5 Å². The first-order chi connectivity index (χ1) is 2.39. The van der Waals surface area contributed by atoms with E-state index >= 15 is 0 Å². The molecule has 0 nitrogen and oxygen atoms in total. The molecule has 1 aliphatic heterocycles. The summed E-state index contributed by atoms with van der Waals surface area (Å²) in [5.74, 6) is 0. The van der Waals surface area contributed by atoms with Gasteiger partial charge in [-0.15, -0.1) is 0 Å². The van der Waals surface area contributed by atoms with Crippen LogP contribution in [0.15, 0.2) is 0 Å². The first-order valence-electron chi connectivity index (χ1n) is 1.38. The summed E-state index contributed by atoms with van der Waals surface area (Å²) >= 11 is 0.450. The molecule has 0 N–H and O–H groups in total. The molecular weight excluding hydrogens is 216 g/mol. The predicted molar refractivity (Wildman–Crippen MR) is 30.4 cm³/mol. The first-order valence-corrected chi connectivity index (χ1v) is 8.70. The summed E-state index contributed by atoms with van der Waals surface area (Å²) in [6, 6.07) is 0. The Bertz CT molecular complexity index is 34.6. The van der Waals surface area contributed by atoms with Gasteiger partial charge in [0.1, 0.15) is 0 Å². The summed E-state index contributed by atoms with van der Waals surface area (Å²) in [5.41, 5.74) is 0. The Morgan fingerprint density at radius 3 is 2.00 bits per heavy atom. The third-order valence-corrected chi connectivity index (χ3v) is 13.4. The van der Waals surface area contributed by atoms with E-state index in [1.165, 1.54) is 0 Å². The summed E-state index contributed by atoms with van der Waals surface area (Å²) < 4.78 is 0.956. The van der Waals surface area contributed by atoms with Crippen molar-refractivity contribution < 1.29 is 0 Å². The van der Waals surface area contributed by atoms with Gasteiger partial charge in [0.15, 0.2) is 0 Å². The molecule has 0 unspecified atom stereocenters. The molecule has 0 radical (unpaired) electrons. The van der Waals surface area contributed by atoms with E-state index in [9.17, 15) is 0 Å². The average molecular weight is 220 g/mol. The summed E-state index contributed by atoms with van der Waals surface area (Å²) in [5, 5.41) is 0. The van der Waals surface area contributed by atoms with Crippen LogP contribution in [0.4, 0.5) is 0 Å². The predicted octanol–water partition coefficient (Wildman–Crippen LogP) is 1.35. The molecule has 1 aliphatic rings. The third kappa shape index (κ3) is 1.19. The number of hydrogen-bond donors (Lipinski definition) is 0. The molecule has 0 aromatic rings. The van der Waals surface area contributed by atoms with Gasteiger partial charge in [0, 0.05) is 0 Å². The molecule has 1 saturated heterocycles.